The summed E-state index contributed by atoms with van der Waals surface area (Å²) in [5, 5.41) is 3.00. The fourth-order valence-electron chi connectivity index (χ4n) is 1.13. The monoisotopic (exact) mass is 213 g/mol. The Morgan fingerprint density at radius 3 is 3.00 bits per heavy atom. The van der Waals surface area contributed by atoms with E-state index in [1.165, 1.54) is 13.4 Å². The van der Waals surface area contributed by atoms with Gasteiger partial charge in [0, 0.05) is 20.3 Å². The third-order valence-electron chi connectivity index (χ3n) is 1.83. The van der Waals surface area contributed by atoms with Gasteiger partial charge in [0.2, 0.25) is 5.75 Å². The lowest BCUT2D eigenvalue weighted by Gasteiger charge is -2.07. The van der Waals surface area contributed by atoms with Crippen molar-refractivity contribution in [2.45, 2.75) is 6.42 Å². The SMILES string of the molecule is COCCCNc1nc[nH]c(=O)c1OC. The Bertz CT molecular complexity index is 351. The molecule has 0 fully saturated rings. The lowest BCUT2D eigenvalue weighted by molar-refractivity contribution is 0.197. The average molecular weight is 213 g/mol. The first kappa shape index (κ1) is 11.5. The fourth-order valence-corrected chi connectivity index (χ4v) is 1.13. The van der Waals surface area contributed by atoms with Gasteiger partial charge in [0.15, 0.2) is 5.82 Å². The molecule has 0 aliphatic heterocycles. The van der Waals surface area contributed by atoms with E-state index >= 15 is 0 Å². The highest BCUT2D eigenvalue weighted by atomic mass is 16.5. The summed E-state index contributed by atoms with van der Waals surface area (Å²) in [6.07, 6.45) is 2.18. The van der Waals surface area contributed by atoms with Gasteiger partial charge in [-0.15, -0.1) is 0 Å². The van der Waals surface area contributed by atoms with Crippen LogP contribution in [-0.4, -0.2) is 37.3 Å². The normalized spacial score (nSPS) is 10.0. The zero-order chi connectivity index (χ0) is 11.1. The van der Waals surface area contributed by atoms with Crippen LogP contribution in [0.15, 0.2) is 11.1 Å². The van der Waals surface area contributed by atoms with Gasteiger partial charge in [-0.25, -0.2) is 4.98 Å². The van der Waals surface area contributed by atoms with E-state index in [0.29, 0.717) is 19.0 Å². The number of rotatable bonds is 6. The summed E-state index contributed by atoms with van der Waals surface area (Å²) in [4.78, 5) is 17.7. The Kier molecular flexibility index (Phi) is 4.62. The standard InChI is InChI=1S/C9H15N3O3/c1-14-5-3-4-10-8-7(15-2)9(13)12-6-11-8/h6H,3-5H2,1-2H3,(H2,10,11,12,13). The van der Waals surface area contributed by atoms with Crippen molar-refractivity contribution in [2.75, 3.05) is 32.7 Å². The van der Waals surface area contributed by atoms with Gasteiger partial charge >= 0.3 is 0 Å². The molecule has 0 atom stereocenters. The molecule has 1 aromatic heterocycles. The van der Waals surface area contributed by atoms with Crippen LogP contribution in [0.2, 0.25) is 0 Å². The van der Waals surface area contributed by atoms with E-state index in [4.69, 9.17) is 9.47 Å². The Morgan fingerprint density at radius 1 is 1.53 bits per heavy atom. The van der Waals surface area contributed by atoms with E-state index in [2.05, 4.69) is 15.3 Å². The number of hydrogen-bond acceptors (Lipinski definition) is 5. The summed E-state index contributed by atoms with van der Waals surface area (Å²) in [6, 6.07) is 0. The van der Waals surface area contributed by atoms with Crippen LogP contribution < -0.4 is 15.6 Å². The van der Waals surface area contributed by atoms with Crippen molar-refractivity contribution in [1.29, 1.82) is 0 Å². The molecule has 6 nitrogen and oxygen atoms in total. The number of anilines is 1. The summed E-state index contributed by atoms with van der Waals surface area (Å²) in [6.45, 7) is 1.35. The van der Waals surface area contributed by atoms with Crippen LogP contribution in [-0.2, 0) is 4.74 Å². The van der Waals surface area contributed by atoms with Gasteiger partial charge in [0.1, 0.15) is 0 Å². The highest BCUT2D eigenvalue weighted by molar-refractivity contribution is 5.47. The molecule has 0 saturated heterocycles. The molecule has 0 radical (unpaired) electrons. The van der Waals surface area contributed by atoms with Crippen LogP contribution >= 0.6 is 0 Å². The topological polar surface area (TPSA) is 76.2 Å². The smallest absolute Gasteiger partial charge is 0.295 e. The molecule has 0 spiro atoms. The maximum absolute atomic E-state index is 11.3. The molecule has 0 amide bonds. The third kappa shape index (κ3) is 3.25. The highest BCUT2D eigenvalue weighted by Gasteiger charge is 2.07. The maximum atomic E-state index is 11.3. The molecular weight excluding hydrogens is 198 g/mol. The van der Waals surface area contributed by atoms with E-state index < -0.39 is 0 Å². The summed E-state index contributed by atoms with van der Waals surface area (Å²) in [5.41, 5.74) is -0.290. The minimum Gasteiger partial charge on any atom is -0.489 e. The van der Waals surface area contributed by atoms with E-state index in [-0.39, 0.29) is 11.3 Å². The van der Waals surface area contributed by atoms with Gasteiger partial charge in [-0.2, -0.15) is 0 Å². The molecule has 1 aromatic rings. The van der Waals surface area contributed by atoms with Crippen LogP contribution in [0, 0.1) is 0 Å². The second-order valence-electron chi connectivity index (χ2n) is 2.89. The van der Waals surface area contributed by atoms with Crippen molar-refractivity contribution in [3.05, 3.63) is 16.7 Å². The summed E-state index contributed by atoms with van der Waals surface area (Å²) < 4.78 is 9.83. The van der Waals surface area contributed by atoms with Gasteiger partial charge in [0.05, 0.1) is 13.4 Å². The van der Waals surface area contributed by atoms with Crippen molar-refractivity contribution in [2.24, 2.45) is 0 Å². The molecule has 1 heterocycles. The number of nitrogens with one attached hydrogen (secondary N) is 2. The average Bonchev–Trinajstić information content (AvgIpc) is 2.24. The molecule has 0 aromatic carbocycles. The van der Waals surface area contributed by atoms with Gasteiger partial charge in [-0.3, -0.25) is 4.79 Å². The van der Waals surface area contributed by atoms with Crippen molar-refractivity contribution >= 4 is 5.82 Å². The molecule has 0 bridgehead atoms. The molecule has 0 aliphatic rings. The van der Waals surface area contributed by atoms with Crippen LogP contribution in [0.5, 0.6) is 5.75 Å². The number of aromatic amines is 1. The van der Waals surface area contributed by atoms with Gasteiger partial charge in [-0.05, 0) is 6.42 Å². The first-order valence-corrected chi connectivity index (χ1v) is 4.64. The van der Waals surface area contributed by atoms with Gasteiger partial charge < -0.3 is 19.8 Å². The summed E-state index contributed by atoms with van der Waals surface area (Å²) >= 11 is 0. The Labute approximate surface area is 87.6 Å². The fraction of sp³-hybridized carbons (Fsp3) is 0.556. The predicted molar refractivity (Wildman–Crippen MR) is 56.4 cm³/mol. The summed E-state index contributed by atoms with van der Waals surface area (Å²) in [5.74, 6) is 0.660. The molecule has 84 valence electrons. The number of nitrogens with zero attached hydrogens (tertiary/aromatic N) is 1. The second-order valence-corrected chi connectivity index (χ2v) is 2.89. The zero-order valence-electron chi connectivity index (χ0n) is 8.87. The van der Waals surface area contributed by atoms with Crippen LogP contribution in [0.4, 0.5) is 5.82 Å². The minimum absolute atomic E-state index is 0.204. The number of aromatic nitrogens is 2. The molecule has 0 aliphatic carbocycles. The van der Waals surface area contributed by atoms with Crippen LogP contribution in [0.25, 0.3) is 0 Å². The van der Waals surface area contributed by atoms with Crippen molar-refractivity contribution < 1.29 is 9.47 Å². The van der Waals surface area contributed by atoms with E-state index in [1.54, 1.807) is 7.11 Å². The highest BCUT2D eigenvalue weighted by Crippen LogP contribution is 2.13. The van der Waals surface area contributed by atoms with Crippen LogP contribution in [0.1, 0.15) is 6.42 Å². The van der Waals surface area contributed by atoms with Crippen molar-refractivity contribution in [3.63, 3.8) is 0 Å². The maximum Gasteiger partial charge on any atom is 0.295 e. The van der Waals surface area contributed by atoms with Gasteiger partial charge in [-0.1, -0.05) is 0 Å². The molecule has 2 N–H and O–H groups in total. The van der Waals surface area contributed by atoms with E-state index in [1.807, 2.05) is 0 Å². The molecule has 15 heavy (non-hydrogen) atoms. The molecule has 6 heteroatoms. The van der Waals surface area contributed by atoms with Crippen LogP contribution in [0.3, 0.4) is 0 Å². The first-order chi connectivity index (χ1) is 7.29. The first-order valence-electron chi connectivity index (χ1n) is 4.64. The molecule has 1 rings (SSSR count). The molecule has 0 saturated carbocycles. The zero-order valence-corrected chi connectivity index (χ0v) is 8.87. The summed E-state index contributed by atoms with van der Waals surface area (Å²) in [7, 11) is 3.08. The second kappa shape index (κ2) is 6.02. The number of methoxy groups -OCH3 is 2. The lowest BCUT2D eigenvalue weighted by atomic mass is 10.4. The van der Waals surface area contributed by atoms with Crippen molar-refractivity contribution in [1.82, 2.24) is 9.97 Å². The predicted octanol–water partition coefficient (Wildman–Crippen LogP) is 0.227. The Morgan fingerprint density at radius 2 is 2.33 bits per heavy atom. The molecule has 0 unspecified atom stereocenters. The van der Waals surface area contributed by atoms with E-state index in [0.717, 1.165) is 6.42 Å². The van der Waals surface area contributed by atoms with Crippen molar-refractivity contribution in [3.8, 4) is 5.75 Å². The number of ether oxygens (including phenoxy) is 2. The lowest BCUT2D eigenvalue weighted by Crippen LogP contribution is -2.15. The Balaban J connectivity index is 2.60. The van der Waals surface area contributed by atoms with E-state index in [9.17, 15) is 4.79 Å². The number of hydrogen-bond donors (Lipinski definition) is 2. The molecular formula is C9H15N3O3. The Hall–Kier alpha value is -1.56. The minimum atomic E-state index is -0.290. The quantitative estimate of drug-likeness (QED) is 0.661. The van der Waals surface area contributed by atoms with Gasteiger partial charge in [0.25, 0.3) is 5.56 Å². The number of H-pyrrole nitrogens is 1. The third-order valence-corrected chi connectivity index (χ3v) is 1.83. The largest absolute Gasteiger partial charge is 0.489 e.